The highest BCUT2D eigenvalue weighted by Gasteiger charge is 2.44. The SMILES string of the molecule is CSCCC(NC(C)=O)C(=O)NC1CC(C)N(C(CCSC)C(=O)O)C1=O. The van der Waals surface area contributed by atoms with Gasteiger partial charge in [-0.15, -0.1) is 0 Å². The highest BCUT2D eigenvalue weighted by molar-refractivity contribution is 7.98. The Kier molecular flexibility index (Phi) is 10.00. The first-order valence-electron chi connectivity index (χ1n) is 8.83. The van der Waals surface area contributed by atoms with E-state index in [0.29, 0.717) is 30.8 Å². The second kappa shape index (κ2) is 11.4. The molecule has 10 heteroatoms. The maximum absolute atomic E-state index is 12.8. The number of carbonyl (C=O) groups excluding carboxylic acids is 3. The molecule has 1 rings (SSSR count). The van der Waals surface area contributed by atoms with Crippen molar-refractivity contribution in [3.63, 3.8) is 0 Å². The van der Waals surface area contributed by atoms with Crippen LogP contribution in [0.25, 0.3) is 0 Å². The molecule has 1 fully saturated rings. The number of carboxylic acids is 1. The molecular formula is C17H29N3O5S2. The van der Waals surface area contributed by atoms with Crippen molar-refractivity contribution in [3.05, 3.63) is 0 Å². The minimum absolute atomic E-state index is 0.281. The Labute approximate surface area is 168 Å². The molecule has 4 unspecified atom stereocenters. The fraction of sp³-hybridized carbons (Fsp3) is 0.765. The molecule has 1 saturated heterocycles. The second-order valence-electron chi connectivity index (χ2n) is 6.56. The molecule has 0 aromatic carbocycles. The summed E-state index contributed by atoms with van der Waals surface area (Å²) in [5, 5.41) is 14.8. The molecule has 0 aromatic heterocycles. The van der Waals surface area contributed by atoms with Crippen LogP contribution in [0.15, 0.2) is 0 Å². The average Bonchev–Trinajstić information content (AvgIpc) is 2.85. The Morgan fingerprint density at radius 3 is 2.33 bits per heavy atom. The van der Waals surface area contributed by atoms with Crippen LogP contribution in [0.5, 0.6) is 0 Å². The van der Waals surface area contributed by atoms with Crippen molar-refractivity contribution in [2.75, 3.05) is 24.0 Å². The third-order valence-corrected chi connectivity index (χ3v) is 5.73. The van der Waals surface area contributed by atoms with Crippen molar-refractivity contribution in [2.45, 2.75) is 57.3 Å². The van der Waals surface area contributed by atoms with E-state index in [2.05, 4.69) is 10.6 Å². The van der Waals surface area contributed by atoms with Gasteiger partial charge in [-0.1, -0.05) is 0 Å². The van der Waals surface area contributed by atoms with Crippen LogP contribution >= 0.6 is 23.5 Å². The number of nitrogens with one attached hydrogen (secondary N) is 2. The van der Waals surface area contributed by atoms with Gasteiger partial charge in [-0.25, -0.2) is 4.79 Å². The van der Waals surface area contributed by atoms with Crippen molar-refractivity contribution in [1.29, 1.82) is 0 Å². The van der Waals surface area contributed by atoms with Crippen LogP contribution in [0.4, 0.5) is 0 Å². The first kappa shape index (κ1) is 23.6. The van der Waals surface area contributed by atoms with E-state index in [0.717, 1.165) is 0 Å². The minimum atomic E-state index is -1.03. The molecule has 0 bridgehead atoms. The van der Waals surface area contributed by atoms with E-state index in [1.165, 1.54) is 23.6 Å². The lowest BCUT2D eigenvalue weighted by Crippen LogP contribution is -2.53. The Balaban J connectivity index is 2.83. The molecule has 8 nitrogen and oxygen atoms in total. The normalized spacial score (nSPS) is 21.6. The lowest BCUT2D eigenvalue weighted by atomic mass is 10.1. The third kappa shape index (κ3) is 6.91. The summed E-state index contributed by atoms with van der Waals surface area (Å²) in [7, 11) is 0. The summed E-state index contributed by atoms with van der Waals surface area (Å²) >= 11 is 3.08. The molecule has 3 N–H and O–H groups in total. The molecule has 154 valence electrons. The lowest BCUT2D eigenvalue weighted by Gasteiger charge is -2.28. The Hall–Kier alpha value is -1.42. The molecule has 0 saturated carbocycles. The summed E-state index contributed by atoms with van der Waals surface area (Å²) < 4.78 is 0. The molecule has 0 spiro atoms. The number of nitrogens with zero attached hydrogens (tertiary/aromatic N) is 1. The van der Waals surface area contributed by atoms with Gasteiger partial charge in [0.05, 0.1) is 0 Å². The van der Waals surface area contributed by atoms with Crippen molar-refractivity contribution in [2.24, 2.45) is 0 Å². The Morgan fingerprint density at radius 1 is 1.22 bits per heavy atom. The maximum atomic E-state index is 12.8. The second-order valence-corrected chi connectivity index (χ2v) is 8.53. The molecule has 3 amide bonds. The number of thioether (sulfide) groups is 2. The van der Waals surface area contributed by atoms with Gasteiger partial charge in [0, 0.05) is 13.0 Å². The van der Waals surface area contributed by atoms with Crippen LogP contribution in [0.1, 0.15) is 33.1 Å². The molecular weight excluding hydrogens is 390 g/mol. The van der Waals surface area contributed by atoms with Crippen molar-refractivity contribution < 1.29 is 24.3 Å². The maximum Gasteiger partial charge on any atom is 0.326 e. The van der Waals surface area contributed by atoms with Crippen molar-refractivity contribution in [3.8, 4) is 0 Å². The summed E-state index contributed by atoms with van der Waals surface area (Å²) in [4.78, 5) is 49.7. The van der Waals surface area contributed by atoms with Gasteiger partial charge < -0.3 is 20.6 Å². The fourth-order valence-corrected chi connectivity index (χ4v) is 4.10. The predicted octanol–water partition coefficient (Wildman–Crippen LogP) is 0.556. The van der Waals surface area contributed by atoms with Gasteiger partial charge in [0.25, 0.3) is 0 Å². The number of likely N-dealkylation sites (tertiary alicyclic amines) is 1. The van der Waals surface area contributed by atoms with E-state index in [-0.39, 0.29) is 17.9 Å². The van der Waals surface area contributed by atoms with Crippen LogP contribution in [0, 0.1) is 0 Å². The Bertz CT molecular complexity index is 561. The Morgan fingerprint density at radius 2 is 1.81 bits per heavy atom. The molecule has 1 heterocycles. The van der Waals surface area contributed by atoms with Gasteiger partial charge in [-0.2, -0.15) is 23.5 Å². The minimum Gasteiger partial charge on any atom is -0.480 e. The zero-order valence-electron chi connectivity index (χ0n) is 16.2. The number of hydrogen-bond acceptors (Lipinski definition) is 6. The first-order valence-corrected chi connectivity index (χ1v) is 11.6. The van der Waals surface area contributed by atoms with Crippen LogP contribution < -0.4 is 10.6 Å². The van der Waals surface area contributed by atoms with E-state index >= 15 is 0 Å². The monoisotopic (exact) mass is 419 g/mol. The summed E-state index contributed by atoms with van der Waals surface area (Å²) in [6, 6.07) is -2.66. The summed E-state index contributed by atoms with van der Waals surface area (Å²) in [6.07, 6.45) is 4.95. The van der Waals surface area contributed by atoms with Crippen LogP contribution in [0.2, 0.25) is 0 Å². The number of carboxylic acid groups (broad SMARTS) is 1. The van der Waals surface area contributed by atoms with Crippen LogP contribution in [0.3, 0.4) is 0 Å². The fourth-order valence-electron chi connectivity index (χ4n) is 3.17. The smallest absolute Gasteiger partial charge is 0.326 e. The highest BCUT2D eigenvalue weighted by atomic mass is 32.2. The van der Waals surface area contributed by atoms with E-state index in [4.69, 9.17) is 0 Å². The van der Waals surface area contributed by atoms with Gasteiger partial charge in [-0.3, -0.25) is 14.4 Å². The number of aliphatic carboxylic acids is 1. The largest absolute Gasteiger partial charge is 0.480 e. The van der Waals surface area contributed by atoms with Gasteiger partial charge in [0.1, 0.15) is 18.1 Å². The van der Waals surface area contributed by atoms with E-state index in [9.17, 15) is 24.3 Å². The quantitative estimate of drug-likeness (QED) is 0.448. The van der Waals surface area contributed by atoms with E-state index in [1.807, 2.05) is 12.5 Å². The number of hydrogen-bond donors (Lipinski definition) is 3. The van der Waals surface area contributed by atoms with Gasteiger partial charge in [-0.05, 0) is 50.2 Å². The number of rotatable bonds is 11. The van der Waals surface area contributed by atoms with Crippen molar-refractivity contribution >= 4 is 47.2 Å². The number of amides is 3. The van der Waals surface area contributed by atoms with E-state index < -0.39 is 30.0 Å². The standard InChI is InChI=1S/C17H29N3O5S2/c1-10-9-13(16(23)20(10)14(17(24)25)6-8-27-4)19-15(22)12(5-7-26-3)18-11(2)21/h10,12-14H,5-9H2,1-4H3,(H,18,21)(H,19,22)(H,24,25). The summed E-state index contributed by atoms with van der Waals surface area (Å²) in [6.45, 7) is 3.13. The van der Waals surface area contributed by atoms with Crippen LogP contribution in [-0.4, -0.2) is 81.9 Å². The highest BCUT2D eigenvalue weighted by Crippen LogP contribution is 2.24. The molecule has 0 radical (unpaired) electrons. The third-order valence-electron chi connectivity index (χ3n) is 4.44. The topological polar surface area (TPSA) is 116 Å². The zero-order chi connectivity index (χ0) is 20.6. The first-order chi connectivity index (χ1) is 12.7. The van der Waals surface area contributed by atoms with Gasteiger partial charge in [0.15, 0.2) is 0 Å². The molecule has 1 aliphatic rings. The summed E-state index contributed by atoms with van der Waals surface area (Å²) in [5.41, 5.74) is 0. The lowest BCUT2D eigenvalue weighted by molar-refractivity contribution is -0.150. The molecule has 27 heavy (non-hydrogen) atoms. The van der Waals surface area contributed by atoms with E-state index in [1.54, 1.807) is 18.7 Å². The zero-order valence-corrected chi connectivity index (χ0v) is 17.8. The molecule has 0 aliphatic carbocycles. The average molecular weight is 420 g/mol. The number of carbonyl (C=O) groups is 4. The summed E-state index contributed by atoms with van der Waals surface area (Å²) in [5.74, 6) is -0.822. The predicted molar refractivity (Wildman–Crippen MR) is 108 cm³/mol. The van der Waals surface area contributed by atoms with Crippen LogP contribution in [-0.2, 0) is 19.2 Å². The molecule has 0 aromatic rings. The van der Waals surface area contributed by atoms with Gasteiger partial charge >= 0.3 is 5.97 Å². The molecule has 1 aliphatic heterocycles. The molecule has 4 atom stereocenters. The van der Waals surface area contributed by atoms with Gasteiger partial charge in [0.2, 0.25) is 17.7 Å². The van der Waals surface area contributed by atoms with Crippen molar-refractivity contribution in [1.82, 2.24) is 15.5 Å².